The molecule has 1 aromatic heterocycles. The summed E-state index contributed by atoms with van der Waals surface area (Å²) in [6, 6.07) is 10.6. The number of aromatic nitrogens is 1. The fourth-order valence-corrected chi connectivity index (χ4v) is 3.07. The smallest absolute Gasteiger partial charge is 0.368 e. The quantitative estimate of drug-likeness (QED) is 0.923. The second kappa shape index (κ2) is 6.92. The Morgan fingerprint density at radius 3 is 2.32 bits per heavy atom. The van der Waals surface area contributed by atoms with Crippen LogP contribution in [0.1, 0.15) is 16.8 Å². The van der Waals surface area contributed by atoms with Crippen molar-refractivity contribution in [3.05, 3.63) is 53.2 Å². The number of aryl methyl sites for hydroxylation is 1. The van der Waals surface area contributed by atoms with Crippen LogP contribution in [-0.2, 0) is 12.7 Å². The number of piperazine rings is 1. The Balaban J connectivity index is 1.78. The molecule has 0 atom stereocenters. The average Bonchev–Trinajstić information content (AvgIpc) is 2.60. The van der Waals surface area contributed by atoms with Crippen molar-refractivity contribution in [2.24, 2.45) is 5.73 Å². The summed E-state index contributed by atoms with van der Waals surface area (Å²) in [5.74, 6) is 0.348. The maximum absolute atomic E-state index is 13.0. The fraction of sp³-hybridized carbons (Fsp3) is 0.389. The van der Waals surface area contributed by atoms with Crippen LogP contribution in [0.3, 0.4) is 0 Å². The number of nitrogens with two attached hydrogens (primary N) is 1. The normalized spacial score (nSPS) is 15.6. The van der Waals surface area contributed by atoms with Crippen LogP contribution in [0.2, 0.25) is 0 Å². The third kappa shape index (κ3) is 3.87. The molecular formula is C18H21F3N4. The van der Waals surface area contributed by atoms with Gasteiger partial charge in [-0.1, -0.05) is 18.2 Å². The lowest BCUT2D eigenvalue weighted by Crippen LogP contribution is -2.47. The van der Waals surface area contributed by atoms with Gasteiger partial charge in [-0.2, -0.15) is 13.2 Å². The van der Waals surface area contributed by atoms with Gasteiger partial charge in [-0.15, -0.1) is 0 Å². The molecule has 25 heavy (non-hydrogen) atoms. The number of hydrogen-bond acceptors (Lipinski definition) is 4. The number of hydrogen-bond donors (Lipinski definition) is 1. The van der Waals surface area contributed by atoms with Crippen molar-refractivity contribution in [3.8, 4) is 0 Å². The van der Waals surface area contributed by atoms with Crippen molar-refractivity contribution in [2.75, 3.05) is 36.0 Å². The number of benzene rings is 1. The van der Waals surface area contributed by atoms with E-state index < -0.39 is 11.9 Å². The third-order valence-electron chi connectivity index (χ3n) is 4.41. The molecule has 0 saturated carbocycles. The van der Waals surface area contributed by atoms with Gasteiger partial charge in [-0.3, -0.25) is 0 Å². The van der Waals surface area contributed by atoms with E-state index >= 15 is 0 Å². The summed E-state index contributed by atoms with van der Waals surface area (Å²) in [5.41, 5.74) is 7.77. The monoisotopic (exact) mass is 350 g/mol. The van der Waals surface area contributed by atoms with Crippen molar-refractivity contribution < 1.29 is 13.2 Å². The van der Waals surface area contributed by atoms with Crippen LogP contribution in [0.15, 0.2) is 36.4 Å². The van der Waals surface area contributed by atoms with Gasteiger partial charge in [0.15, 0.2) is 0 Å². The third-order valence-corrected chi connectivity index (χ3v) is 4.41. The first-order valence-corrected chi connectivity index (χ1v) is 8.22. The van der Waals surface area contributed by atoms with Crippen LogP contribution < -0.4 is 15.5 Å². The Morgan fingerprint density at radius 1 is 1.04 bits per heavy atom. The maximum Gasteiger partial charge on any atom is 0.433 e. The number of nitrogens with zero attached hydrogens (tertiary/aromatic N) is 3. The number of rotatable bonds is 3. The highest BCUT2D eigenvalue weighted by molar-refractivity contribution is 5.53. The molecule has 0 aliphatic carbocycles. The predicted molar refractivity (Wildman–Crippen MR) is 92.7 cm³/mol. The minimum absolute atomic E-state index is 0.165. The van der Waals surface area contributed by atoms with Gasteiger partial charge in [0.2, 0.25) is 0 Å². The summed E-state index contributed by atoms with van der Waals surface area (Å²) in [7, 11) is 0. The van der Waals surface area contributed by atoms with E-state index in [4.69, 9.17) is 5.73 Å². The predicted octanol–water partition coefficient (Wildman–Crippen LogP) is 3.19. The van der Waals surface area contributed by atoms with Crippen LogP contribution in [0.25, 0.3) is 0 Å². The lowest BCUT2D eigenvalue weighted by molar-refractivity contribution is -0.141. The number of anilines is 2. The van der Waals surface area contributed by atoms with Crippen molar-refractivity contribution in [2.45, 2.75) is 19.6 Å². The largest absolute Gasteiger partial charge is 0.433 e. The molecule has 2 aromatic rings. The number of halogens is 3. The molecule has 2 N–H and O–H groups in total. The van der Waals surface area contributed by atoms with Gasteiger partial charge in [0.1, 0.15) is 11.5 Å². The summed E-state index contributed by atoms with van der Waals surface area (Å²) in [5, 5.41) is 0. The first-order chi connectivity index (χ1) is 11.9. The Labute approximate surface area is 145 Å². The van der Waals surface area contributed by atoms with E-state index in [1.54, 1.807) is 0 Å². The van der Waals surface area contributed by atoms with E-state index in [1.165, 1.54) is 11.6 Å². The molecule has 3 rings (SSSR count). The summed E-state index contributed by atoms with van der Waals surface area (Å²) in [6.45, 7) is 4.87. The Morgan fingerprint density at radius 2 is 1.72 bits per heavy atom. The number of alkyl halides is 3. The molecule has 1 aliphatic heterocycles. The second-order valence-corrected chi connectivity index (χ2v) is 6.19. The molecule has 2 heterocycles. The second-order valence-electron chi connectivity index (χ2n) is 6.19. The van der Waals surface area contributed by atoms with E-state index in [-0.39, 0.29) is 6.54 Å². The van der Waals surface area contributed by atoms with Crippen LogP contribution in [0.4, 0.5) is 24.7 Å². The molecule has 1 aromatic carbocycles. The average molecular weight is 350 g/mol. The van der Waals surface area contributed by atoms with E-state index in [0.29, 0.717) is 24.5 Å². The molecule has 4 nitrogen and oxygen atoms in total. The zero-order valence-electron chi connectivity index (χ0n) is 14.1. The van der Waals surface area contributed by atoms with Crippen molar-refractivity contribution >= 4 is 11.5 Å². The highest BCUT2D eigenvalue weighted by atomic mass is 19.4. The van der Waals surface area contributed by atoms with Crippen molar-refractivity contribution in [3.63, 3.8) is 0 Å². The lowest BCUT2D eigenvalue weighted by atomic mass is 10.1. The first-order valence-electron chi connectivity index (χ1n) is 8.22. The molecule has 1 aliphatic rings. The topological polar surface area (TPSA) is 45.4 Å². The zero-order valence-corrected chi connectivity index (χ0v) is 14.1. The maximum atomic E-state index is 13.0. The summed E-state index contributed by atoms with van der Waals surface area (Å²) < 4.78 is 38.9. The van der Waals surface area contributed by atoms with Gasteiger partial charge >= 0.3 is 6.18 Å². The summed E-state index contributed by atoms with van der Waals surface area (Å²) in [6.07, 6.45) is -4.45. The molecule has 0 radical (unpaired) electrons. The SMILES string of the molecule is Cc1cccc(N2CCN(c3nc(C(F)(F)F)ccc3CN)CC2)c1. The first kappa shape index (κ1) is 17.5. The van der Waals surface area contributed by atoms with Crippen LogP contribution in [0, 0.1) is 6.92 Å². The molecule has 1 saturated heterocycles. The van der Waals surface area contributed by atoms with E-state index in [9.17, 15) is 13.2 Å². The Bertz CT molecular complexity index is 737. The lowest BCUT2D eigenvalue weighted by Gasteiger charge is -2.37. The Kier molecular flexibility index (Phi) is 4.85. The van der Waals surface area contributed by atoms with Crippen LogP contribution >= 0.6 is 0 Å². The van der Waals surface area contributed by atoms with Gasteiger partial charge in [0, 0.05) is 44.0 Å². The molecular weight excluding hydrogens is 329 g/mol. The molecule has 1 fully saturated rings. The van der Waals surface area contributed by atoms with Crippen molar-refractivity contribution in [1.29, 1.82) is 0 Å². The molecule has 134 valence electrons. The highest BCUT2D eigenvalue weighted by Gasteiger charge is 2.33. The molecule has 7 heteroatoms. The standard InChI is InChI=1S/C18H21F3N4/c1-13-3-2-4-15(11-13)24-7-9-25(10-8-24)17-14(12-22)5-6-16(23-17)18(19,20)21/h2-6,11H,7-10,12,22H2,1H3. The van der Waals surface area contributed by atoms with Crippen LogP contribution in [0.5, 0.6) is 0 Å². The Hall–Kier alpha value is -2.28. The molecule has 0 amide bonds. The van der Waals surface area contributed by atoms with Crippen LogP contribution in [-0.4, -0.2) is 31.2 Å². The summed E-state index contributed by atoms with van der Waals surface area (Å²) >= 11 is 0. The van der Waals surface area contributed by atoms with Gasteiger partial charge in [0.25, 0.3) is 0 Å². The minimum atomic E-state index is -4.45. The fourth-order valence-electron chi connectivity index (χ4n) is 3.07. The minimum Gasteiger partial charge on any atom is -0.368 e. The molecule has 0 spiro atoms. The highest BCUT2D eigenvalue weighted by Crippen LogP contribution is 2.31. The molecule has 0 bridgehead atoms. The van der Waals surface area contributed by atoms with E-state index in [0.717, 1.165) is 24.8 Å². The van der Waals surface area contributed by atoms with Gasteiger partial charge in [0.05, 0.1) is 0 Å². The summed E-state index contributed by atoms with van der Waals surface area (Å²) in [4.78, 5) is 7.98. The van der Waals surface area contributed by atoms with E-state index in [1.807, 2.05) is 24.0 Å². The van der Waals surface area contributed by atoms with Gasteiger partial charge in [-0.05, 0) is 30.7 Å². The van der Waals surface area contributed by atoms with Gasteiger partial charge in [-0.25, -0.2) is 4.98 Å². The van der Waals surface area contributed by atoms with Gasteiger partial charge < -0.3 is 15.5 Å². The van der Waals surface area contributed by atoms with E-state index in [2.05, 4.69) is 22.0 Å². The molecule has 0 unspecified atom stereocenters. The van der Waals surface area contributed by atoms with Crippen molar-refractivity contribution in [1.82, 2.24) is 4.98 Å². The zero-order chi connectivity index (χ0) is 18.0. The number of pyridine rings is 1.